The van der Waals surface area contributed by atoms with E-state index in [0.717, 1.165) is 5.56 Å². The summed E-state index contributed by atoms with van der Waals surface area (Å²) >= 11 is 7.41. The molecule has 0 saturated carbocycles. The molecule has 2 heterocycles. The molecular weight excluding hydrogens is 414 g/mol. The summed E-state index contributed by atoms with van der Waals surface area (Å²) in [5.74, 6) is -0.536. The Labute approximate surface area is 165 Å². The Balaban J connectivity index is 1.64. The molecule has 1 fully saturated rings. The summed E-state index contributed by atoms with van der Waals surface area (Å²) in [5, 5.41) is 0.853. The summed E-state index contributed by atoms with van der Waals surface area (Å²) in [6.07, 6.45) is 0. The molecule has 1 saturated heterocycles. The summed E-state index contributed by atoms with van der Waals surface area (Å²) in [5.41, 5.74) is 1.03. The molecule has 2 atom stereocenters. The number of benzene rings is 2. The summed E-state index contributed by atoms with van der Waals surface area (Å²) < 4.78 is 51.7. The van der Waals surface area contributed by atoms with Crippen LogP contribution in [0.4, 0.5) is 14.5 Å². The van der Waals surface area contributed by atoms with Gasteiger partial charge in [0.15, 0.2) is 15.0 Å². The lowest BCUT2D eigenvalue weighted by molar-refractivity contribution is 0.600. The van der Waals surface area contributed by atoms with Crippen LogP contribution in [-0.4, -0.2) is 37.2 Å². The van der Waals surface area contributed by atoms with E-state index in [2.05, 4.69) is 4.99 Å². The average Bonchev–Trinajstić information content (AvgIpc) is 3.06. The van der Waals surface area contributed by atoms with Gasteiger partial charge in [0, 0.05) is 10.8 Å². The van der Waals surface area contributed by atoms with Gasteiger partial charge in [0.05, 0.1) is 29.3 Å². The highest BCUT2D eigenvalue weighted by molar-refractivity contribution is 8.13. The molecule has 4 rings (SSSR count). The fraction of sp³-hybridized carbons (Fsp3) is 0.278. The minimum Gasteiger partial charge on any atom is -0.312 e. The maximum absolute atomic E-state index is 14.4. The average molecular weight is 429 g/mol. The standard InChI is InChI=1S/C18H15ClF2N2O2S2/c19-13-7-12(20)6-5-11(13)8-26-18-22-15-9-27(24,25)10-17(15)23(18)16-4-2-1-3-14(16)21/h1-7,15,17H,8-10H2/t15-,17-/m1/s1. The van der Waals surface area contributed by atoms with Gasteiger partial charge in [-0.05, 0) is 29.8 Å². The fourth-order valence-corrected chi connectivity index (χ4v) is 6.62. The van der Waals surface area contributed by atoms with Crippen molar-refractivity contribution in [3.63, 3.8) is 0 Å². The van der Waals surface area contributed by atoms with Gasteiger partial charge in [-0.1, -0.05) is 41.6 Å². The quantitative estimate of drug-likeness (QED) is 0.744. The van der Waals surface area contributed by atoms with Crippen LogP contribution in [0.3, 0.4) is 0 Å². The van der Waals surface area contributed by atoms with Crippen LogP contribution in [0.25, 0.3) is 0 Å². The van der Waals surface area contributed by atoms with Gasteiger partial charge >= 0.3 is 0 Å². The van der Waals surface area contributed by atoms with Crippen molar-refractivity contribution >= 4 is 44.1 Å². The molecule has 2 aromatic carbocycles. The van der Waals surface area contributed by atoms with Crippen LogP contribution in [0, 0.1) is 11.6 Å². The number of sulfone groups is 1. The third kappa shape index (κ3) is 3.70. The van der Waals surface area contributed by atoms with Gasteiger partial charge in [-0.2, -0.15) is 0 Å². The van der Waals surface area contributed by atoms with Crippen molar-refractivity contribution in [2.24, 2.45) is 4.99 Å². The second-order valence-electron chi connectivity index (χ2n) is 6.47. The Morgan fingerprint density at radius 2 is 1.96 bits per heavy atom. The van der Waals surface area contributed by atoms with Gasteiger partial charge in [0.2, 0.25) is 0 Å². The number of para-hydroxylation sites is 1. The molecule has 0 amide bonds. The number of aliphatic imine (C=N–C) groups is 1. The first kappa shape index (κ1) is 18.7. The van der Waals surface area contributed by atoms with Crippen LogP contribution in [0.15, 0.2) is 47.5 Å². The van der Waals surface area contributed by atoms with Gasteiger partial charge in [-0.25, -0.2) is 17.2 Å². The highest BCUT2D eigenvalue weighted by atomic mass is 35.5. The van der Waals surface area contributed by atoms with Gasteiger partial charge in [0.25, 0.3) is 0 Å². The number of halogens is 3. The normalized spacial score (nSPS) is 23.4. The lowest BCUT2D eigenvalue weighted by atomic mass is 10.1. The number of nitrogens with zero attached hydrogens (tertiary/aromatic N) is 2. The Kier molecular flexibility index (Phi) is 4.90. The SMILES string of the molecule is O=S1(=O)C[C@@H]2[C@@H](C1)N=C(SCc1ccc(F)cc1Cl)N2c1ccccc1F. The minimum absolute atomic E-state index is 0.0377. The van der Waals surface area contributed by atoms with E-state index in [4.69, 9.17) is 11.6 Å². The van der Waals surface area contributed by atoms with Gasteiger partial charge in [0.1, 0.15) is 11.6 Å². The smallest absolute Gasteiger partial charge is 0.164 e. The van der Waals surface area contributed by atoms with Crippen molar-refractivity contribution in [3.05, 3.63) is 64.7 Å². The number of hydrogen-bond acceptors (Lipinski definition) is 5. The largest absolute Gasteiger partial charge is 0.312 e. The van der Waals surface area contributed by atoms with E-state index in [0.29, 0.717) is 21.6 Å². The lowest BCUT2D eigenvalue weighted by Crippen LogP contribution is -2.39. The number of hydrogen-bond donors (Lipinski definition) is 0. The fourth-order valence-electron chi connectivity index (χ4n) is 3.34. The molecule has 2 aromatic rings. The topological polar surface area (TPSA) is 49.7 Å². The monoisotopic (exact) mass is 428 g/mol. The second-order valence-corrected chi connectivity index (χ2v) is 9.97. The molecule has 0 unspecified atom stereocenters. The van der Waals surface area contributed by atoms with E-state index in [9.17, 15) is 17.2 Å². The summed E-state index contributed by atoms with van der Waals surface area (Å²) in [6, 6.07) is 9.57. The van der Waals surface area contributed by atoms with E-state index in [1.54, 1.807) is 29.2 Å². The van der Waals surface area contributed by atoms with Crippen LogP contribution in [0.2, 0.25) is 5.02 Å². The molecule has 2 aliphatic heterocycles. The number of anilines is 1. The molecule has 4 nitrogen and oxygen atoms in total. The van der Waals surface area contributed by atoms with Gasteiger partial charge < -0.3 is 4.90 Å². The van der Waals surface area contributed by atoms with Gasteiger partial charge in [-0.15, -0.1) is 0 Å². The summed E-state index contributed by atoms with van der Waals surface area (Å²) in [6.45, 7) is 0. The van der Waals surface area contributed by atoms with E-state index in [1.165, 1.54) is 30.0 Å². The van der Waals surface area contributed by atoms with Crippen LogP contribution in [-0.2, 0) is 15.6 Å². The molecule has 0 aromatic heterocycles. The first-order valence-corrected chi connectivity index (χ1v) is 11.4. The lowest BCUT2D eigenvalue weighted by Gasteiger charge is -2.26. The van der Waals surface area contributed by atoms with E-state index in [-0.39, 0.29) is 11.5 Å². The predicted molar refractivity (Wildman–Crippen MR) is 105 cm³/mol. The van der Waals surface area contributed by atoms with Crippen molar-refractivity contribution in [2.75, 3.05) is 16.4 Å². The van der Waals surface area contributed by atoms with Crippen molar-refractivity contribution < 1.29 is 17.2 Å². The summed E-state index contributed by atoms with van der Waals surface area (Å²) in [4.78, 5) is 6.22. The van der Waals surface area contributed by atoms with Crippen LogP contribution >= 0.6 is 23.4 Å². The Bertz CT molecular complexity index is 1030. The third-order valence-corrected chi connectivity index (χ3v) is 7.66. The molecule has 0 spiro atoms. The first-order valence-electron chi connectivity index (χ1n) is 8.23. The number of thioether (sulfide) groups is 1. The highest BCUT2D eigenvalue weighted by Crippen LogP contribution is 2.37. The molecule has 9 heteroatoms. The predicted octanol–water partition coefficient (Wildman–Crippen LogP) is 3.89. The number of amidine groups is 1. The maximum atomic E-state index is 14.4. The van der Waals surface area contributed by atoms with Crippen molar-refractivity contribution in [1.82, 2.24) is 0 Å². The molecule has 0 N–H and O–H groups in total. The van der Waals surface area contributed by atoms with E-state index in [1.807, 2.05) is 0 Å². The molecule has 0 bridgehead atoms. The third-order valence-electron chi connectivity index (χ3n) is 4.59. The molecule has 0 aliphatic carbocycles. The zero-order valence-corrected chi connectivity index (χ0v) is 16.4. The molecule has 142 valence electrons. The van der Waals surface area contributed by atoms with E-state index < -0.39 is 33.6 Å². The van der Waals surface area contributed by atoms with Crippen molar-refractivity contribution in [3.8, 4) is 0 Å². The highest BCUT2D eigenvalue weighted by Gasteiger charge is 2.47. The molecule has 27 heavy (non-hydrogen) atoms. The van der Waals surface area contributed by atoms with Gasteiger partial charge in [-0.3, -0.25) is 4.99 Å². The maximum Gasteiger partial charge on any atom is 0.164 e. The molecule has 0 radical (unpaired) electrons. The van der Waals surface area contributed by atoms with Crippen LogP contribution in [0.1, 0.15) is 5.56 Å². The Hall–Kier alpha value is -1.64. The van der Waals surface area contributed by atoms with Crippen LogP contribution < -0.4 is 4.90 Å². The van der Waals surface area contributed by atoms with Crippen molar-refractivity contribution in [1.29, 1.82) is 0 Å². The molecule has 2 aliphatic rings. The minimum atomic E-state index is -3.20. The second kappa shape index (κ2) is 7.07. The molecular formula is C18H15ClF2N2O2S2. The van der Waals surface area contributed by atoms with Crippen LogP contribution in [0.5, 0.6) is 0 Å². The number of fused-ring (bicyclic) bond motifs is 1. The zero-order valence-electron chi connectivity index (χ0n) is 14.0. The Morgan fingerprint density at radius 1 is 1.19 bits per heavy atom. The van der Waals surface area contributed by atoms with Crippen molar-refractivity contribution in [2.45, 2.75) is 17.8 Å². The number of rotatable bonds is 3. The Morgan fingerprint density at radius 3 is 2.70 bits per heavy atom. The zero-order chi connectivity index (χ0) is 19.2. The van der Waals surface area contributed by atoms with E-state index >= 15 is 0 Å². The summed E-state index contributed by atoms with van der Waals surface area (Å²) in [7, 11) is -3.20. The first-order chi connectivity index (χ1) is 12.8.